The molecule has 0 aromatic carbocycles. The zero-order valence-electron chi connectivity index (χ0n) is 13.7. The first-order valence-corrected chi connectivity index (χ1v) is 8.92. The summed E-state index contributed by atoms with van der Waals surface area (Å²) in [5.74, 6) is 0.513. The number of aryl methyl sites for hydroxylation is 2. The third-order valence-electron chi connectivity index (χ3n) is 4.70. The monoisotopic (exact) mass is 341 g/mol. The van der Waals surface area contributed by atoms with Gasteiger partial charge in [0.15, 0.2) is 0 Å². The summed E-state index contributed by atoms with van der Waals surface area (Å²) in [7, 11) is 0. The van der Waals surface area contributed by atoms with E-state index in [9.17, 15) is 4.79 Å². The molecule has 1 aliphatic rings. The smallest absolute Gasteiger partial charge is 0.267 e. The van der Waals surface area contributed by atoms with Gasteiger partial charge in [0.1, 0.15) is 10.5 Å². The molecule has 1 N–H and O–H groups in total. The van der Waals surface area contributed by atoms with Gasteiger partial charge in [0.25, 0.3) is 5.91 Å². The first-order valence-electron chi connectivity index (χ1n) is 8.15. The summed E-state index contributed by atoms with van der Waals surface area (Å²) in [6.07, 6.45) is 3.81. The van der Waals surface area contributed by atoms with Crippen LogP contribution in [0, 0.1) is 13.8 Å². The van der Waals surface area contributed by atoms with Crippen molar-refractivity contribution >= 4 is 28.5 Å². The maximum absolute atomic E-state index is 12.5. The summed E-state index contributed by atoms with van der Waals surface area (Å²) < 4.78 is 3.86. The van der Waals surface area contributed by atoms with Crippen LogP contribution in [0.2, 0.25) is 0 Å². The highest BCUT2D eigenvalue weighted by Crippen LogP contribution is 2.30. The molecule has 124 valence electrons. The van der Waals surface area contributed by atoms with Gasteiger partial charge in [-0.25, -0.2) is 4.98 Å². The molecule has 3 aromatic rings. The average molecular weight is 341 g/mol. The fourth-order valence-electron chi connectivity index (χ4n) is 3.33. The molecule has 0 unspecified atom stereocenters. The Morgan fingerprint density at radius 2 is 2.08 bits per heavy atom. The molecule has 0 radical (unpaired) electrons. The molecule has 24 heavy (non-hydrogen) atoms. The number of carbonyl (C=O) groups excluding carboxylic acids is 1. The Hall–Kier alpha value is -2.28. The average Bonchev–Trinajstić information content (AvgIpc) is 3.20. The number of nitrogens with zero attached hydrogens (tertiary/aromatic N) is 4. The van der Waals surface area contributed by atoms with Crippen LogP contribution in [0.25, 0.3) is 11.0 Å². The minimum absolute atomic E-state index is 0.0647. The van der Waals surface area contributed by atoms with E-state index in [1.165, 1.54) is 22.8 Å². The number of hydrogen-bond acceptors (Lipinski definition) is 5. The number of rotatable bonds is 2. The Kier molecular flexibility index (Phi) is 3.80. The number of hydrogen-bond donors (Lipinski definition) is 1. The van der Waals surface area contributed by atoms with Crippen molar-refractivity contribution < 1.29 is 4.79 Å². The molecule has 4 heterocycles. The molecule has 1 aliphatic heterocycles. The van der Waals surface area contributed by atoms with Gasteiger partial charge < -0.3 is 9.88 Å². The van der Waals surface area contributed by atoms with E-state index in [-0.39, 0.29) is 5.91 Å². The number of fused-ring (bicyclic) bond motifs is 1. The third kappa shape index (κ3) is 2.69. The summed E-state index contributed by atoms with van der Waals surface area (Å²) >= 11 is 1.19. The fraction of sp³-hybridized carbons (Fsp3) is 0.412. The fourth-order valence-corrected chi connectivity index (χ4v) is 3.96. The molecule has 0 saturated carbocycles. The van der Waals surface area contributed by atoms with Crippen molar-refractivity contribution in [2.45, 2.75) is 32.6 Å². The van der Waals surface area contributed by atoms with Crippen molar-refractivity contribution in [3.63, 3.8) is 0 Å². The highest BCUT2D eigenvalue weighted by molar-refractivity contribution is 7.07. The number of aromatic nitrogens is 4. The number of carbonyl (C=O) groups is 1. The zero-order chi connectivity index (χ0) is 16.7. The van der Waals surface area contributed by atoms with Gasteiger partial charge in [0, 0.05) is 36.3 Å². The van der Waals surface area contributed by atoms with Crippen LogP contribution >= 0.6 is 11.5 Å². The van der Waals surface area contributed by atoms with E-state index in [4.69, 9.17) is 0 Å². The molecule has 3 aromatic heterocycles. The highest BCUT2D eigenvalue weighted by Gasteiger charge is 2.27. The predicted molar refractivity (Wildman–Crippen MR) is 93.4 cm³/mol. The predicted octanol–water partition coefficient (Wildman–Crippen LogP) is 3.05. The second-order valence-corrected chi connectivity index (χ2v) is 7.18. The number of likely N-dealkylation sites (tertiary alicyclic amines) is 1. The van der Waals surface area contributed by atoms with E-state index < -0.39 is 0 Å². The largest absolute Gasteiger partial charge is 0.343 e. The van der Waals surface area contributed by atoms with Crippen LogP contribution in [0.3, 0.4) is 0 Å². The summed E-state index contributed by atoms with van der Waals surface area (Å²) in [4.78, 5) is 23.0. The standard InChI is InChI=1S/C17H19N5OS/c1-10-7-13-8-14(19-16(13)18-9-10)12-3-5-22(6-4-12)17(23)15-11(2)20-21-24-15/h7-9,12H,3-6H2,1-2H3,(H,18,19). The number of nitrogens with one attached hydrogen (secondary N) is 1. The van der Waals surface area contributed by atoms with E-state index >= 15 is 0 Å². The van der Waals surface area contributed by atoms with Gasteiger partial charge in [-0.05, 0) is 55.9 Å². The van der Waals surface area contributed by atoms with Crippen LogP contribution in [0.15, 0.2) is 18.3 Å². The number of pyridine rings is 1. The minimum Gasteiger partial charge on any atom is -0.343 e. The van der Waals surface area contributed by atoms with Gasteiger partial charge in [-0.15, -0.1) is 5.10 Å². The quantitative estimate of drug-likeness (QED) is 0.777. The van der Waals surface area contributed by atoms with E-state index in [2.05, 4.69) is 38.6 Å². The first-order chi connectivity index (χ1) is 11.6. The molecule has 4 rings (SSSR count). The molecule has 0 bridgehead atoms. The van der Waals surface area contributed by atoms with Crippen molar-refractivity contribution in [1.82, 2.24) is 24.5 Å². The van der Waals surface area contributed by atoms with Crippen LogP contribution in [0.4, 0.5) is 0 Å². The normalized spacial score (nSPS) is 16.0. The SMILES string of the molecule is Cc1cnc2[nH]c(C3CCN(C(=O)c4snnc4C)CC3)cc2c1. The Labute approximate surface area is 144 Å². The second kappa shape index (κ2) is 5.98. The van der Waals surface area contributed by atoms with Gasteiger partial charge in [0.2, 0.25) is 0 Å². The van der Waals surface area contributed by atoms with Crippen LogP contribution in [-0.4, -0.2) is 43.5 Å². The Balaban J connectivity index is 1.47. The van der Waals surface area contributed by atoms with Gasteiger partial charge in [-0.1, -0.05) is 4.49 Å². The molecular formula is C17H19N5OS. The lowest BCUT2D eigenvalue weighted by Crippen LogP contribution is -2.37. The Bertz CT molecular complexity index is 891. The topological polar surface area (TPSA) is 74.8 Å². The molecule has 1 saturated heterocycles. The molecule has 1 fully saturated rings. The molecular weight excluding hydrogens is 322 g/mol. The lowest BCUT2D eigenvalue weighted by molar-refractivity contribution is 0.0716. The number of amides is 1. The maximum Gasteiger partial charge on any atom is 0.267 e. The number of aromatic amines is 1. The van der Waals surface area contributed by atoms with E-state index in [0.717, 1.165) is 42.7 Å². The van der Waals surface area contributed by atoms with E-state index in [0.29, 0.717) is 10.8 Å². The summed E-state index contributed by atoms with van der Waals surface area (Å²) in [6.45, 7) is 5.42. The first kappa shape index (κ1) is 15.3. The van der Waals surface area contributed by atoms with Crippen molar-refractivity contribution in [2.24, 2.45) is 0 Å². The summed E-state index contributed by atoms with van der Waals surface area (Å²) in [5.41, 5.74) is 4.07. The lowest BCUT2D eigenvalue weighted by Gasteiger charge is -2.31. The van der Waals surface area contributed by atoms with E-state index in [1.807, 2.05) is 18.0 Å². The number of piperidine rings is 1. The highest BCUT2D eigenvalue weighted by atomic mass is 32.1. The molecule has 6 nitrogen and oxygen atoms in total. The van der Waals surface area contributed by atoms with Crippen LogP contribution in [-0.2, 0) is 0 Å². The van der Waals surface area contributed by atoms with Gasteiger partial charge in [-0.2, -0.15) is 0 Å². The van der Waals surface area contributed by atoms with Crippen molar-refractivity contribution in [3.05, 3.63) is 40.2 Å². The minimum atomic E-state index is 0.0647. The van der Waals surface area contributed by atoms with Crippen LogP contribution < -0.4 is 0 Å². The second-order valence-electron chi connectivity index (χ2n) is 6.43. The Morgan fingerprint density at radius 1 is 1.29 bits per heavy atom. The van der Waals surface area contributed by atoms with Crippen molar-refractivity contribution in [2.75, 3.05) is 13.1 Å². The van der Waals surface area contributed by atoms with Crippen molar-refractivity contribution in [3.8, 4) is 0 Å². The molecule has 0 atom stereocenters. The lowest BCUT2D eigenvalue weighted by atomic mass is 9.93. The van der Waals surface area contributed by atoms with E-state index in [1.54, 1.807) is 0 Å². The van der Waals surface area contributed by atoms with Crippen LogP contribution in [0.1, 0.15) is 45.4 Å². The molecule has 7 heteroatoms. The van der Waals surface area contributed by atoms with Crippen LogP contribution in [0.5, 0.6) is 0 Å². The third-order valence-corrected chi connectivity index (χ3v) is 5.51. The Morgan fingerprint density at radius 3 is 2.79 bits per heavy atom. The summed E-state index contributed by atoms with van der Waals surface area (Å²) in [5, 5.41) is 5.10. The van der Waals surface area contributed by atoms with Gasteiger partial charge in [0.05, 0.1) is 5.69 Å². The number of H-pyrrole nitrogens is 1. The molecule has 0 aliphatic carbocycles. The maximum atomic E-state index is 12.5. The molecule has 1 amide bonds. The summed E-state index contributed by atoms with van der Waals surface area (Å²) in [6, 6.07) is 4.36. The van der Waals surface area contributed by atoms with Crippen molar-refractivity contribution in [1.29, 1.82) is 0 Å². The van der Waals surface area contributed by atoms with Gasteiger partial charge >= 0.3 is 0 Å². The van der Waals surface area contributed by atoms with Gasteiger partial charge in [-0.3, -0.25) is 4.79 Å². The molecule has 0 spiro atoms. The zero-order valence-corrected chi connectivity index (χ0v) is 14.6.